The van der Waals surface area contributed by atoms with Crippen LogP contribution in [0.1, 0.15) is 62.0 Å². The Morgan fingerprint density at radius 2 is 1.34 bits per heavy atom. The van der Waals surface area contributed by atoms with E-state index in [1.807, 2.05) is 91.9 Å². The molecule has 4 aliphatic heterocycles. The van der Waals surface area contributed by atoms with E-state index in [0.29, 0.717) is 71.9 Å². The summed E-state index contributed by atoms with van der Waals surface area (Å²) < 4.78 is 75.0. The predicted octanol–water partition coefficient (Wildman–Crippen LogP) is 6.14. The maximum Gasteiger partial charge on any atom is 0.308 e. The Morgan fingerprint density at radius 1 is 0.644 bits per heavy atom. The summed E-state index contributed by atoms with van der Waals surface area (Å²) in [5.74, 6) is 0.378. The van der Waals surface area contributed by atoms with Gasteiger partial charge in [0.15, 0.2) is 6.29 Å². The van der Waals surface area contributed by atoms with Gasteiger partial charge in [-0.3, -0.25) is 4.79 Å². The summed E-state index contributed by atoms with van der Waals surface area (Å²) in [4.78, 5) is 12.9. The lowest BCUT2D eigenvalue weighted by atomic mass is 9.94. The maximum absolute atomic E-state index is 12.9. The van der Waals surface area contributed by atoms with Crippen molar-refractivity contribution in [3.8, 4) is 5.75 Å². The molecule has 0 N–H and O–H groups in total. The third-order valence-electron chi connectivity index (χ3n) is 11.4. The van der Waals surface area contributed by atoms with Crippen LogP contribution < -0.4 is 4.74 Å². The molecule has 0 aromatic heterocycles. The number of methoxy groups -OCH3 is 2. The summed E-state index contributed by atoms with van der Waals surface area (Å²) in [6, 6.07) is 27.8. The third-order valence-corrected chi connectivity index (χ3v) is 11.4. The first-order valence-corrected chi connectivity index (χ1v) is 21.0. The third kappa shape index (κ3) is 12.3. The van der Waals surface area contributed by atoms with Crippen molar-refractivity contribution in [1.82, 2.24) is 0 Å². The van der Waals surface area contributed by atoms with Crippen LogP contribution in [-0.4, -0.2) is 121 Å². The standard InChI is InChI=1S/C46H60O13/c1-4-50-21-22-51-28-43-39(23-37(53-27-32-13-9-6-10-14-32)42(58-43)29-52-26-31-11-7-5-8-12-31)55-36-20-19-35-38(57-41(36)25-45(47)49-3)24-40-44(56-35)30-54-46(59-40)33-15-17-34(48-2)18-16-33/h5-18,35-44,46H,4,19-30H2,1-3H3/t35-,36+,37+,38+,39-,40-,41-,42-,43+,44+,46+/m0/s1. The molecule has 13 nitrogen and oxygen atoms in total. The first-order valence-electron chi connectivity index (χ1n) is 21.0. The molecule has 0 amide bonds. The highest BCUT2D eigenvalue weighted by Gasteiger charge is 2.48. The molecule has 11 atom stereocenters. The zero-order valence-corrected chi connectivity index (χ0v) is 34.4. The summed E-state index contributed by atoms with van der Waals surface area (Å²) >= 11 is 0. The fraction of sp³-hybridized carbons (Fsp3) is 0.587. The number of ether oxygens (including phenoxy) is 12. The molecule has 4 fully saturated rings. The minimum atomic E-state index is -0.607. The van der Waals surface area contributed by atoms with E-state index in [4.69, 9.17) is 56.8 Å². The van der Waals surface area contributed by atoms with Gasteiger partial charge in [-0.2, -0.15) is 0 Å². The molecule has 4 saturated heterocycles. The van der Waals surface area contributed by atoms with Gasteiger partial charge in [-0.15, -0.1) is 0 Å². The average molecular weight is 821 g/mol. The molecule has 59 heavy (non-hydrogen) atoms. The smallest absolute Gasteiger partial charge is 0.308 e. The highest BCUT2D eigenvalue weighted by atomic mass is 16.7. The van der Waals surface area contributed by atoms with Crippen molar-refractivity contribution in [2.24, 2.45) is 0 Å². The SMILES string of the molecule is CCOCCOC[C@H]1O[C@@H](COCc2ccccc2)[C@H](OCc2ccccc2)C[C@@H]1O[C@@H]1CC[C@@H]2O[C@@H]3CO[C@@H](c4ccc(OC)cc4)O[C@H]3C[C@H]2O[C@H]1CC(=O)OC. The van der Waals surface area contributed by atoms with Crippen LogP contribution in [0.3, 0.4) is 0 Å². The Bertz CT molecular complexity index is 1660. The summed E-state index contributed by atoms with van der Waals surface area (Å²) in [5.41, 5.74) is 3.03. The first kappa shape index (κ1) is 43.6. The Kier molecular flexibility index (Phi) is 16.6. The van der Waals surface area contributed by atoms with Crippen LogP contribution in [0.2, 0.25) is 0 Å². The second-order valence-electron chi connectivity index (χ2n) is 15.4. The van der Waals surface area contributed by atoms with Crippen LogP contribution in [-0.2, 0) is 70.1 Å². The molecule has 13 heteroatoms. The van der Waals surface area contributed by atoms with Crippen LogP contribution in [0, 0.1) is 0 Å². The van der Waals surface area contributed by atoms with Crippen molar-refractivity contribution in [1.29, 1.82) is 0 Å². The molecule has 3 aromatic rings. The Balaban J connectivity index is 1.07. The summed E-state index contributed by atoms with van der Waals surface area (Å²) in [5, 5.41) is 0. The number of rotatable bonds is 19. The molecule has 7 rings (SSSR count). The number of esters is 1. The van der Waals surface area contributed by atoms with Crippen LogP contribution in [0.15, 0.2) is 84.9 Å². The first-order chi connectivity index (χ1) is 29.0. The van der Waals surface area contributed by atoms with Crippen LogP contribution in [0.5, 0.6) is 5.75 Å². The lowest BCUT2D eigenvalue weighted by molar-refractivity contribution is -0.307. The Hall–Kier alpha value is -3.47. The second-order valence-corrected chi connectivity index (χ2v) is 15.4. The summed E-state index contributed by atoms with van der Waals surface area (Å²) in [6.45, 7) is 5.28. The van der Waals surface area contributed by atoms with Gasteiger partial charge >= 0.3 is 5.97 Å². The zero-order valence-electron chi connectivity index (χ0n) is 34.4. The number of hydrogen-bond acceptors (Lipinski definition) is 13. The van der Waals surface area contributed by atoms with Gasteiger partial charge in [-0.1, -0.05) is 72.8 Å². The summed E-state index contributed by atoms with van der Waals surface area (Å²) in [6.07, 6.45) is -2.00. The van der Waals surface area contributed by atoms with Gasteiger partial charge in [0.2, 0.25) is 0 Å². The number of hydrogen-bond donors (Lipinski definition) is 0. The van der Waals surface area contributed by atoms with Crippen molar-refractivity contribution >= 4 is 5.97 Å². The fourth-order valence-electron chi connectivity index (χ4n) is 8.22. The predicted molar refractivity (Wildman–Crippen MR) is 215 cm³/mol. The largest absolute Gasteiger partial charge is 0.497 e. The quantitative estimate of drug-likeness (QED) is 0.102. The van der Waals surface area contributed by atoms with Crippen LogP contribution >= 0.6 is 0 Å². The Morgan fingerprint density at radius 3 is 2.07 bits per heavy atom. The fourth-order valence-corrected chi connectivity index (χ4v) is 8.22. The molecule has 0 saturated carbocycles. The van der Waals surface area contributed by atoms with Crippen LogP contribution in [0.4, 0.5) is 0 Å². The number of carbonyl (C=O) groups is 1. The van der Waals surface area contributed by atoms with E-state index in [1.165, 1.54) is 7.11 Å². The van der Waals surface area contributed by atoms with E-state index in [9.17, 15) is 4.79 Å². The number of fused-ring (bicyclic) bond motifs is 2. The molecular weight excluding hydrogens is 760 g/mol. The zero-order chi connectivity index (χ0) is 40.8. The molecule has 0 spiro atoms. The van der Waals surface area contributed by atoms with Crippen molar-refractivity contribution in [2.75, 3.05) is 53.9 Å². The van der Waals surface area contributed by atoms with Crippen molar-refractivity contribution in [3.63, 3.8) is 0 Å². The topological polar surface area (TPSA) is 128 Å². The van der Waals surface area contributed by atoms with Gasteiger partial charge in [-0.05, 0) is 43.0 Å². The minimum Gasteiger partial charge on any atom is -0.497 e. The molecule has 4 aliphatic rings. The van der Waals surface area contributed by atoms with E-state index in [-0.39, 0.29) is 55.6 Å². The average Bonchev–Trinajstić information content (AvgIpc) is 3.43. The van der Waals surface area contributed by atoms with Crippen molar-refractivity contribution in [3.05, 3.63) is 102 Å². The molecule has 3 aromatic carbocycles. The molecule has 0 unspecified atom stereocenters. The van der Waals surface area contributed by atoms with E-state index in [1.54, 1.807) is 7.11 Å². The molecular formula is C46H60O13. The summed E-state index contributed by atoms with van der Waals surface area (Å²) in [7, 11) is 3.03. The van der Waals surface area contributed by atoms with Gasteiger partial charge in [0.1, 0.15) is 24.1 Å². The van der Waals surface area contributed by atoms with E-state index in [0.717, 1.165) is 22.4 Å². The monoisotopic (exact) mass is 820 g/mol. The van der Waals surface area contributed by atoms with Gasteiger partial charge in [0.25, 0.3) is 0 Å². The van der Waals surface area contributed by atoms with Gasteiger partial charge in [0, 0.05) is 25.0 Å². The van der Waals surface area contributed by atoms with E-state index >= 15 is 0 Å². The van der Waals surface area contributed by atoms with Gasteiger partial charge < -0.3 is 56.8 Å². The molecule has 4 heterocycles. The molecule has 0 aliphatic carbocycles. The van der Waals surface area contributed by atoms with Crippen molar-refractivity contribution < 1.29 is 61.6 Å². The highest BCUT2D eigenvalue weighted by molar-refractivity contribution is 5.69. The van der Waals surface area contributed by atoms with Gasteiger partial charge in [0.05, 0.1) is 110 Å². The Labute approximate surface area is 347 Å². The number of carbonyl (C=O) groups excluding carboxylic acids is 1. The highest BCUT2D eigenvalue weighted by Crippen LogP contribution is 2.40. The second kappa shape index (κ2) is 22.4. The molecule has 0 radical (unpaired) electrons. The minimum absolute atomic E-state index is 0.0178. The van der Waals surface area contributed by atoms with E-state index in [2.05, 4.69) is 0 Å². The molecule has 0 bridgehead atoms. The maximum atomic E-state index is 12.9. The van der Waals surface area contributed by atoms with Crippen molar-refractivity contribution in [2.45, 2.75) is 120 Å². The number of benzene rings is 3. The normalized spacial score (nSPS) is 30.7. The van der Waals surface area contributed by atoms with E-state index < -0.39 is 30.7 Å². The molecule has 322 valence electrons. The van der Waals surface area contributed by atoms with Crippen LogP contribution in [0.25, 0.3) is 0 Å². The lowest BCUT2D eigenvalue weighted by Gasteiger charge is -2.45. The lowest BCUT2D eigenvalue weighted by Crippen LogP contribution is -2.55. The van der Waals surface area contributed by atoms with Gasteiger partial charge in [-0.25, -0.2) is 0 Å².